The van der Waals surface area contributed by atoms with Crippen molar-refractivity contribution in [2.24, 2.45) is 4.99 Å². The first-order valence-electron chi connectivity index (χ1n) is 2.50. The van der Waals surface area contributed by atoms with Gasteiger partial charge in [-0.3, -0.25) is 4.99 Å². The second kappa shape index (κ2) is 3.13. The molecule has 1 heterocycles. The molecular formula is C6H6BrNS. The minimum atomic E-state index is 1.15. The Morgan fingerprint density at radius 2 is 2.44 bits per heavy atom. The van der Waals surface area contributed by atoms with E-state index in [2.05, 4.69) is 20.9 Å². The van der Waals surface area contributed by atoms with Crippen molar-refractivity contribution in [2.75, 3.05) is 7.05 Å². The van der Waals surface area contributed by atoms with Crippen molar-refractivity contribution in [3.05, 3.63) is 20.8 Å². The van der Waals surface area contributed by atoms with Crippen LogP contribution in [0.25, 0.3) is 0 Å². The first-order chi connectivity index (χ1) is 4.33. The SMILES string of the molecule is CN=Cc1ccc(Br)s1. The summed E-state index contributed by atoms with van der Waals surface area (Å²) in [5, 5.41) is 0. The highest BCUT2D eigenvalue weighted by Crippen LogP contribution is 2.20. The summed E-state index contributed by atoms with van der Waals surface area (Å²) in [6.45, 7) is 0. The molecule has 1 aromatic heterocycles. The maximum absolute atomic E-state index is 3.88. The molecule has 0 fully saturated rings. The molecule has 0 atom stereocenters. The summed E-state index contributed by atoms with van der Waals surface area (Å²) in [6, 6.07) is 4.05. The highest BCUT2D eigenvalue weighted by atomic mass is 79.9. The van der Waals surface area contributed by atoms with Crippen LogP contribution in [0.3, 0.4) is 0 Å². The van der Waals surface area contributed by atoms with Gasteiger partial charge in [0.15, 0.2) is 0 Å². The summed E-state index contributed by atoms with van der Waals surface area (Å²) in [6.07, 6.45) is 1.84. The van der Waals surface area contributed by atoms with Crippen molar-refractivity contribution in [1.29, 1.82) is 0 Å². The van der Waals surface area contributed by atoms with Crippen LogP contribution in [0.15, 0.2) is 20.9 Å². The topological polar surface area (TPSA) is 12.4 Å². The minimum absolute atomic E-state index is 1.15. The van der Waals surface area contributed by atoms with Gasteiger partial charge in [0, 0.05) is 18.1 Å². The second-order valence-electron chi connectivity index (χ2n) is 1.53. The number of rotatable bonds is 1. The Labute approximate surface area is 66.6 Å². The third-order valence-electron chi connectivity index (χ3n) is 0.850. The number of thiophene rings is 1. The Morgan fingerprint density at radius 1 is 1.67 bits per heavy atom. The van der Waals surface area contributed by atoms with Crippen molar-refractivity contribution in [1.82, 2.24) is 0 Å². The van der Waals surface area contributed by atoms with Crippen LogP contribution in [0, 0.1) is 0 Å². The van der Waals surface area contributed by atoms with Gasteiger partial charge < -0.3 is 0 Å². The fourth-order valence-electron chi connectivity index (χ4n) is 0.525. The molecule has 0 aliphatic heterocycles. The smallest absolute Gasteiger partial charge is 0.0705 e. The molecule has 0 radical (unpaired) electrons. The van der Waals surface area contributed by atoms with Crippen LogP contribution in [0.2, 0.25) is 0 Å². The normalized spacial score (nSPS) is 10.9. The predicted octanol–water partition coefficient (Wildman–Crippen LogP) is 2.56. The van der Waals surface area contributed by atoms with Gasteiger partial charge in [0.05, 0.1) is 3.79 Å². The maximum Gasteiger partial charge on any atom is 0.0705 e. The molecule has 0 spiro atoms. The highest BCUT2D eigenvalue weighted by molar-refractivity contribution is 9.11. The van der Waals surface area contributed by atoms with Gasteiger partial charge in [-0.1, -0.05) is 0 Å². The van der Waals surface area contributed by atoms with Crippen LogP contribution in [-0.2, 0) is 0 Å². The average molecular weight is 204 g/mol. The van der Waals surface area contributed by atoms with Crippen LogP contribution in [0.4, 0.5) is 0 Å². The van der Waals surface area contributed by atoms with Crippen molar-refractivity contribution < 1.29 is 0 Å². The molecule has 0 aliphatic rings. The molecule has 1 aromatic rings. The second-order valence-corrected chi connectivity index (χ2v) is 4.02. The molecule has 0 aliphatic carbocycles. The van der Waals surface area contributed by atoms with Crippen molar-refractivity contribution in [2.45, 2.75) is 0 Å². The van der Waals surface area contributed by atoms with E-state index in [1.165, 1.54) is 4.88 Å². The van der Waals surface area contributed by atoms with E-state index in [1.807, 2.05) is 18.3 Å². The van der Waals surface area contributed by atoms with Crippen LogP contribution >= 0.6 is 27.3 Å². The van der Waals surface area contributed by atoms with Crippen LogP contribution in [0.1, 0.15) is 4.88 Å². The minimum Gasteiger partial charge on any atom is -0.295 e. The van der Waals surface area contributed by atoms with E-state index >= 15 is 0 Å². The van der Waals surface area contributed by atoms with E-state index in [0.29, 0.717) is 0 Å². The van der Waals surface area contributed by atoms with Crippen molar-refractivity contribution >= 4 is 33.5 Å². The van der Waals surface area contributed by atoms with Gasteiger partial charge >= 0.3 is 0 Å². The zero-order chi connectivity index (χ0) is 6.69. The van der Waals surface area contributed by atoms with Gasteiger partial charge in [-0.25, -0.2) is 0 Å². The zero-order valence-corrected chi connectivity index (χ0v) is 7.37. The average Bonchev–Trinajstić information content (AvgIpc) is 2.17. The van der Waals surface area contributed by atoms with Crippen molar-refractivity contribution in [3.63, 3.8) is 0 Å². The molecule has 48 valence electrons. The van der Waals surface area contributed by atoms with Crippen LogP contribution in [-0.4, -0.2) is 13.3 Å². The summed E-state index contributed by atoms with van der Waals surface area (Å²) in [5.41, 5.74) is 0. The Morgan fingerprint density at radius 3 is 2.89 bits per heavy atom. The molecule has 0 unspecified atom stereocenters. The van der Waals surface area contributed by atoms with E-state index in [0.717, 1.165) is 3.79 Å². The van der Waals surface area contributed by atoms with Gasteiger partial charge in [-0.2, -0.15) is 0 Å². The summed E-state index contributed by atoms with van der Waals surface area (Å²) in [5.74, 6) is 0. The Balaban J connectivity index is 2.85. The van der Waals surface area contributed by atoms with Crippen molar-refractivity contribution in [3.8, 4) is 0 Å². The highest BCUT2D eigenvalue weighted by Gasteiger charge is 1.90. The Kier molecular flexibility index (Phi) is 2.42. The quantitative estimate of drug-likeness (QED) is 0.623. The lowest BCUT2D eigenvalue weighted by Crippen LogP contribution is -1.66. The number of hydrogen-bond acceptors (Lipinski definition) is 2. The molecule has 9 heavy (non-hydrogen) atoms. The lowest BCUT2D eigenvalue weighted by molar-refractivity contribution is 1.47. The molecule has 0 aromatic carbocycles. The third-order valence-corrected chi connectivity index (χ3v) is 2.41. The number of hydrogen-bond donors (Lipinski definition) is 0. The lowest BCUT2D eigenvalue weighted by atomic mass is 10.5. The summed E-state index contributed by atoms with van der Waals surface area (Å²) < 4.78 is 1.15. The molecular weight excluding hydrogens is 198 g/mol. The largest absolute Gasteiger partial charge is 0.295 e. The molecule has 1 nitrogen and oxygen atoms in total. The molecule has 0 saturated heterocycles. The number of aliphatic imine (C=N–C) groups is 1. The lowest BCUT2D eigenvalue weighted by Gasteiger charge is -1.76. The Bertz CT molecular complexity index is 217. The van der Waals surface area contributed by atoms with Gasteiger partial charge in [0.1, 0.15) is 0 Å². The molecule has 0 amide bonds. The van der Waals surface area contributed by atoms with E-state index in [-0.39, 0.29) is 0 Å². The summed E-state index contributed by atoms with van der Waals surface area (Å²) in [4.78, 5) is 5.07. The van der Waals surface area contributed by atoms with Gasteiger partial charge in [0.2, 0.25) is 0 Å². The first kappa shape index (κ1) is 6.96. The van der Waals surface area contributed by atoms with Gasteiger partial charge in [0.25, 0.3) is 0 Å². The Hall–Kier alpha value is -0.150. The number of nitrogens with zero attached hydrogens (tertiary/aromatic N) is 1. The summed E-state index contributed by atoms with van der Waals surface area (Å²) >= 11 is 5.04. The van der Waals surface area contributed by atoms with Gasteiger partial charge in [-0.15, -0.1) is 11.3 Å². The molecule has 0 saturated carbocycles. The molecule has 1 rings (SSSR count). The summed E-state index contributed by atoms with van der Waals surface area (Å²) in [7, 11) is 1.77. The standard InChI is InChI=1S/C6H6BrNS/c1-8-4-5-2-3-6(7)9-5/h2-4H,1H3. The van der Waals surface area contributed by atoms with E-state index in [9.17, 15) is 0 Å². The van der Waals surface area contributed by atoms with Crippen LogP contribution < -0.4 is 0 Å². The molecule has 0 N–H and O–H groups in total. The number of halogens is 1. The van der Waals surface area contributed by atoms with Gasteiger partial charge in [-0.05, 0) is 28.1 Å². The van der Waals surface area contributed by atoms with E-state index in [1.54, 1.807) is 18.4 Å². The maximum atomic E-state index is 3.88. The van der Waals surface area contributed by atoms with E-state index in [4.69, 9.17) is 0 Å². The predicted molar refractivity (Wildman–Crippen MR) is 45.5 cm³/mol. The molecule has 0 bridgehead atoms. The fourth-order valence-corrected chi connectivity index (χ4v) is 1.87. The fraction of sp³-hybridized carbons (Fsp3) is 0.167. The third kappa shape index (κ3) is 1.91. The first-order valence-corrected chi connectivity index (χ1v) is 4.11. The molecule has 3 heteroatoms. The van der Waals surface area contributed by atoms with Crippen LogP contribution in [0.5, 0.6) is 0 Å². The zero-order valence-electron chi connectivity index (χ0n) is 4.97. The monoisotopic (exact) mass is 203 g/mol. The van der Waals surface area contributed by atoms with E-state index < -0.39 is 0 Å².